The van der Waals surface area contributed by atoms with Gasteiger partial charge in [0.05, 0.1) is 17.8 Å². The topological polar surface area (TPSA) is 68.0 Å². The molecule has 21 heavy (non-hydrogen) atoms. The molecule has 0 aliphatic heterocycles. The van der Waals surface area contributed by atoms with E-state index in [2.05, 4.69) is 10.3 Å². The lowest BCUT2D eigenvalue weighted by Crippen LogP contribution is -2.12. The Balaban J connectivity index is 2.15. The Morgan fingerprint density at radius 1 is 1.43 bits per heavy atom. The summed E-state index contributed by atoms with van der Waals surface area (Å²) in [6, 6.07) is 4.14. The van der Waals surface area contributed by atoms with Gasteiger partial charge >= 0.3 is 6.18 Å². The van der Waals surface area contributed by atoms with E-state index < -0.39 is 17.6 Å². The van der Waals surface area contributed by atoms with Gasteiger partial charge in [-0.25, -0.2) is 4.98 Å². The zero-order valence-electron chi connectivity index (χ0n) is 10.9. The number of rotatable bonds is 3. The molecule has 0 unspecified atom stereocenters. The summed E-state index contributed by atoms with van der Waals surface area (Å²) in [6.07, 6.45) is -3.10. The molecule has 4 nitrogen and oxygen atoms in total. The Morgan fingerprint density at radius 2 is 2.14 bits per heavy atom. The van der Waals surface area contributed by atoms with Crippen LogP contribution in [0.1, 0.15) is 33.2 Å². The van der Waals surface area contributed by atoms with E-state index >= 15 is 0 Å². The molecule has 0 spiro atoms. The molecule has 0 aliphatic carbocycles. The second-order valence-electron chi connectivity index (χ2n) is 4.38. The standard InChI is InChI=1S/C13H12F3N3OS/c1-7(17)12-18-6-10(21-12)11(20)19-9-4-2-3-8(5-9)13(14,15)16/h2-7H,17H2,1H3,(H,19,20)/t7-/m1/s1. The first-order valence-electron chi connectivity index (χ1n) is 5.97. The van der Waals surface area contributed by atoms with Crippen molar-refractivity contribution in [2.75, 3.05) is 5.32 Å². The quantitative estimate of drug-likeness (QED) is 0.912. The van der Waals surface area contributed by atoms with Gasteiger partial charge in [-0.2, -0.15) is 13.2 Å². The first kappa shape index (κ1) is 15.5. The van der Waals surface area contributed by atoms with Gasteiger partial charge in [0, 0.05) is 5.69 Å². The largest absolute Gasteiger partial charge is 0.416 e. The van der Waals surface area contributed by atoms with Gasteiger partial charge in [0.1, 0.15) is 9.88 Å². The highest BCUT2D eigenvalue weighted by Crippen LogP contribution is 2.30. The Bertz CT molecular complexity index is 652. The normalized spacial score (nSPS) is 13.0. The van der Waals surface area contributed by atoms with Crippen LogP contribution in [0.5, 0.6) is 0 Å². The molecule has 1 heterocycles. The summed E-state index contributed by atoms with van der Waals surface area (Å²) in [6.45, 7) is 1.73. The fourth-order valence-electron chi connectivity index (χ4n) is 1.57. The van der Waals surface area contributed by atoms with Crippen molar-refractivity contribution < 1.29 is 18.0 Å². The van der Waals surface area contributed by atoms with Crippen LogP contribution in [0.2, 0.25) is 0 Å². The van der Waals surface area contributed by atoms with Gasteiger partial charge < -0.3 is 11.1 Å². The third-order valence-corrected chi connectivity index (χ3v) is 3.78. The number of carbonyl (C=O) groups excluding carboxylic acids is 1. The van der Waals surface area contributed by atoms with Crippen molar-refractivity contribution in [2.24, 2.45) is 5.73 Å². The highest BCUT2D eigenvalue weighted by Gasteiger charge is 2.30. The zero-order valence-corrected chi connectivity index (χ0v) is 11.8. The van der Waals surface area contributed by atoms with Crippen LogP contribution in [0.15, 0.2) is 30.5 Å². The van der Waals surface area contributed by atoms with Crippen LogP contribution >= 0.6 is 11.3 Å². The number of halogens is 3. The molecule has 1 amide bonds. The van der Waals surface area contributed by atoms with E-state index in [-0.39, 0.29) is 11.7 Å². The minimum absolute atomic E-state index is 0.0746. The number of aromatic nitrogens is 1. The van der Waals surface area contributed by atoms with E-state index in [9.17, 15) is 18.0 Å². The molecule has 8 heteroatoms. The van der Waals surface area contributed by atoms with E-state index in [1.807, 2.05) is 0 Å². The highest BCUT2D eigenvalue weighted by molar-refractivity contribution is 7.13. The van der Waals surface area contributed by atoms with E-state index in [0.29, 0.717) is 9.88 Å². The molecule has 2 rings (SSSR count). The second-order valence-corrected chi connectivity index (χ2v) is 5.45. The number of nitrogens with two attached hydrogens (primary N) is 1. The second kappa shape index (κ2) is 5.82. The molecule has 0 aliphatic rings. The molecule has 1 aromatic heterocycles. The van der Waals surface area contributed by atoms with Gasteiger partial charge in [-0.15, -0.1) is 11.3 Å². The zero-order chi connectivity index (χ0) is 15.6. The molecule has 1 aromatic carbocycles. The van der Waals surface area contributed by atoms with Crippen molar-refractivity contribution in [1.29, 1.82) is 0 Å². The summed E-state index contributed by atoms with van der Waals surface area (Å²) >= 11 is 1.11. The summed E-state index contributed by atoms with van der Waals surface area (Å²) in [4.78, 5) is 16.2. The van der Waals surface area contributed by atoms with Crippen LogP contribution in [0.25, 0.3) is 0 Å². The fraction of sp³-hybridized carbons (Fsp3) is 0.231. The van der Waals surface area contributed by atoms with Crippen LogP contribution in [-0.2, 0) is 6.18 Å². The highest BCUT2D eigenvalue weighted by atomic mass is 32.1. The molecular weight excluding hydrogens is 303 g/mol. The lowest BCUT2D eigenvalue weighted by Gasteiger charge is -2.09. The molecule has 0 fully saturated rings. The number of amides is 1. The predicted octanol–water partition coefficient (Wildman–Crippen LogP) is 3.43. The predicted molar refractivity (Wildman–Crippen MR) is 74.1 cm³/mol. The lowest BCUT2D eigenvalue weighted by atomic mass is 10.2. The molecule has 2 aromatic rings. The Hall–Kier alpha value is -1.93. The third-order valence-electron chi connectivity index (χ3n) is 2.58. The van der Waals surface area contributed by atoms with Crippen LogP contribution in [0, 0.1) is 0 Å². The lowest BCUT2D eigenvalue weighted by molar-refractivity contribution is -0.137. The van der Waals surface area contributed by atoms with E-state index in [4.69, 9.17) is 5.73 Å². The van der Waals surface area contributed by atoms with Gasteiger partial charge in [-0.3, -0.25) is 4.79 Å². The van der Waals surface area contributed by atoms with Crippen LogP contribution in [-0.4, -0.2) is 10.9 Å². The first-order valence-corrected chi connectivity index (χ1v) is 6.79. The van der Waals surface area contributed by atoms with Crippen molar-refractivity contribution in [2.45, 2.75) is 19.1 Å². The molecule has 1 atom stereocenters. The summed E-state index contributed by atoms with van der Waals surface area (Å²) < 4.78 is 37.8. The smallest absolute Gasteiger partial charge is 0.322 e. The van der Waals surface area contributed by atoms with Crippen LogP contribution in [0.3, 0.4) is 0 Å². The van der Waals surface area contributed by atoms with E-state index in [1.165, 1.54) is 18.3 Å². The van der Waals surface area contributed by atoms with Crippen molar-refractivity contribution in [1.82, 2.24) is 4.98 Å². The van der Waals surface area contributed by atoms with E-state index in [1.54, 1.807) is 6.92 Å². The maximum absolute atomic E-state index is 12.6. The molecule has 112 valence electrons. The Labute approximate surface area is 122 Å². The maximum atomic E-state index is 12.6. The minimum atomic E-state index is -4.45. The molecular formula is C13H12F3N3OS. The number of anilines is 1. The number of thiazole rings is 1. The number of hydrogen-bond donors (Lipinski definition) is 2. The van der Waals surface area contributed by atoms with Gasteiger partial charge in [-0.05, 0) is 25.1 Å². The van der Waals surface area contributed by atoms with Crippen molar-refractivity contribution in [3.63, 3.8) is 0 Å². The van der Waals surface area contributed by atoms with Crippen LogP contribution in [0.4, 0.5) is 18.9 Å². The molecule has 0 saturated carbocycles. The number of carbonyl (C=O) groups is 1. The first-order chi connectivity index (χ1) is 9.77. The molecule has 0 saturated heterocycles. The average Bonchev–Trinajstić information content (AvgIpc) is 2.88. The Kier molecular flexibility index (Phi) is 4.29. The summed E-state index contributed by atoms with van der Waals surface area (Å²) in [5.41, 5.74) is 4.89. The Morgan fingerprint density at radius 3 is 2.71 bits per heavy atom. The average molecular weight is 315 g/mol. The molecule has 3 N–H and O–H groups in total. The third kappa shape index (κ3) is 3.79. The number of nitrogens with zero attached hydrogens (tertiary/aromatic N) is 1. The van der Waals surface area contributed by atoms with Crippen molar-refractivity contribution in [3.8, 4) is 0 Å². The van der Waals surface area contributed by atoms with E-state index in [0.717, 1.165) is 23.5 Å². The van der Waals surface area contributed by atoms with Crippen molar-refractivity contribution >= 4 is 22.9 Å². The molecule has 0 bridgehead atoms. The maximum Gasteiger partial charge on any atom is 0.416 e. The number of benzene rings is 1. The SMILES string of the molecule is C[C@@H](N)c1ncc(C(=O)Nc2cccc(C(F)(F)F)c2)s1. The van der Waals surface area contributed by atoms with Gasteiger partial charge in [0.15, 0.2) is 0 Å². The fourth-order valence-corrected chi connectivity index (χ4v) is 2.33. The number of hydrogen-bond acceptors (Lipinski definition) is 4. The number of nitrogens with one attached hydrogen (secondary N) is 1. The monoisotopic (exact) mass is 315 g/mol. The summed E-state index contributed by atoms with van der Waals surface area (Å²) in [5, 5.41) is 3.00. The number of alkyl halides is 3. The van der Waals surface area contributed by atoms with Crippen molar-refractivity contribution in [3.05, 3.63) is 45.9 Å². The van der Waals surface area contributed by atoms with Gasteiger partial charge in [0.2, 0.25) is 0 Å². The van der Waals surface area contributed by atoms with Gasteiger partial charge in [-0.1, -0.05) is 6.07 Å². The summed E-state index contributed by atoms with van der Waals surface area (Å²) in [5.74, 6) is -0.515. The molecule has 0 radical (unpaired) electrons. The minimum Gasteiger partial charge on any atom is -0.322 e. The summed E-state index contributed by atoms with van der Waals surface area (Å²) in [7, 11) is 0. The van der Waals surface area contributed by atoms with Crippen LogP contribution < -0.4 is 11.1 Å². The van der Waals surface area contributed by atoms with Gasteiger partial charge in [0.25, 0.3) is 5.91 Å².